The zero-order valence-corrected chi connectivity index (χ0v) is 31.0. The predicted molar refractivity (Wildman–Crippen MR) is 157 cm³/mol. The number of rotatable bonds is 7. The highest BCUT2D eigenvalue weighted by molar-refractivity contribution is 5.85. The third kappa shape index (κ3) is 6.97. The van der Waals surface area contributed by atoms with Gasteiger partial charge in [0.1, 0.15) is 18.8 Å². The maximum Gasteiger partial charge on any atom is 0.362 e. The number of carbonyl (C=O) groups is 3. The highest BCUT2D eigenvalue weighted by Gasteiger charge is 2.71. The van der Waals surface area contributed by atoms with Crippen molar-refractivity contribution in [1.29, 1.82) is 0 Å². The van der Waals surface area contributed by atoms with Crippen LogP contribution in [0.15, 0.2) is 11.6 Å². The number of carbonyl (C=O) groups excluding carboxylic acids is 3. The molecule has 5 rings (SSSR count). The first-order valence-corrected chi connectivity index (χ1v) is 15.9. The van der Waals surface area contributed by atoms with Crippen molar-refractivity contribution in [2.24, 2.45) is 34.5 Å². The van der Waals surface area contributed by atoms with E-state index < -0.39 is 17.1 Å². The number of likely N-dealkylation sites (N-methyl/N-ethyl adjacent to an activating group) is 2. The third-order valence-corrected chi connectivity index (χ3v) is 11.7. The number of fused-ring (bicyclic) bond motifs is 5. The molecule has 9 nitrogen and oxygen atoms in total. The summed E-state index contributed by atoms with van der Waals surface area (Å²) in [6.07, 6.45) is 7.81. The van der Waals surface area contributed by atoms with E-state index in [0.29, 0.717) is 33.8 Å². The number of cyclic esters (lactones) is 1. The van der Waals surface area contributed by atoms with Crippen LogP contribution in [-0.4, -0.2) is 112 Å². The Morgan fingerprint density at radius 1 is 0.909 bits per heavy atom. The molecule has 0 saturated heterocycles. The van der Waals surface area contributed by atoms with Gasteiger partial charge >= 0.3 is 17.9 Å². The molecule has 0 spiro atoms. The van der Waals surface area contributed by atoms with E-state index >= 15 is 0 Å². The Balaban J connectivity index is 0.00000264. The van der Waals surface area contributed by atoms with E-state index in [1.54, 1.807) is 6.08 Å². The standard InChI is InChI=1S/C33H54N2O7.2BrH/c1-31-13-11-23(41-28(37)18-34(3,4)5)16-22(31)9-10-25-24(31)12-14-32(2)30(21-15-27(36)40-20-21)26(17-33(25,32)39)42-29(38)19-35(6,7)8;;/h15,22-26,30,39H,9-14,16-20H2,1-8H3;2*1H/q+2;;/p-2/t22-,23+,24?,25?,26?,30+,31+,32-,33+;;/m1../s1. The van der Waals surface area contributed by atoms with E-state index in [0.717, 1.165) is 50.5 Å². The Hall–Kier alpha value is -1.01. The lowest BCUT2D eigenvalue weighted by Gasteiger charge is -2.63. The molecule has 252 valence electrons. The van der Waals surface area contributed by atoms with Crippen LogP contribution in [0.3, 0.4) is 0 Å². The van der Waals surface area contributed by atoms with Crippen LogP contribution < -0.4 is 34.0 Å². The fourth-order valence-corrected chi connectivity index (χ4v) is 9.84. The van der Waals surface area contributed by atoms with Crippen molar-refractivity contribution in [2.45, 2.75) is 83.0 Å². The topological polar surface area (TPSA) is 99.1 Å². The maximum atomic E-state index is 13.1. The first kappa shape index (κ1) is 37.4. The molecular weight excluding hydrogens is 696 g/mol. The van der Waals surface area contributed by atoms with Crippen molar-refractivity contribution in [3.63, 3.8) is 0 Å². The molecule has 4 aliphatic carbocycles. The van der Waals surface area contributed by atoms with Gasteiger partial charge < -0.3 is 62.2 Å². The van der Waals surface area contributed by atoms with Crippen LogP contribution in [0.2, 0.25) is 0 Å². The molecule has 44 heavy (non-hydrogen) atoms. The maximum absolute atomic E-state index is 13.1. The molecule has 1 aliphatic heterocycles. The lowest BCUT2D eigenvalue weighted by Crippen LogP contribution is -3.00. The van der Waals surface area contributed by atoms with Crippen LogP contribution >= 0.6 is 0 Å². The van der Waals surface area contributed by atoms with Crippen molar-refractivity contribution < 1.29 is 76.6 Å². The minimum absolute atomic E-state index is 0. The predicted octanol–water partition coefficient (Wildman–Crippen LogP) is -2.90. The molecule has 0 aromatic carbocycles. The molecule has 4 saturated carbocycles. The van der Waals surface area contributed by atoms with Crippen molar-refractivity contribution in [1.82, 2.24) is 0 Å². The van der Waals surface area contributed by atoms with Gasteiger partial charge in [0, 0.05) is 23.8 Å². The average molecular weight is 751 g/mol. The normalized spacial score (nSPS) is 39.8. The lowest BCUT2D eigenvalue weighted by molar-refractivity contribution is -0.862. The van der Waals surface area contributed by atoms with Gasteiger partial charge in [0.05, 0.1) is 47.9 Å². The molecule has 11 heteroatoms. The van der Waals surface area contributed by atoms with Gasteiger partial charge in [0.2, 0.25) is 0 Å². The summed E-state index contributed by atoms with van der Waals surface area (Å²) in [4.78, 5) is 37.8. The molecule has 3 unspecified atom stereocenters. The zero-order chi connectivity index (χ0) is 30.9. The van der Waals surface area contributed by atoms with Gasteiger partial charge in [0.25, 0.3) is 0 Å². The van der Waals surface area contributed by atoms with Gasteiger partial charge in [-0.1, -0.05) is 13.8 Å². The van der Waals surface area contributed by atoms with Crippen LogP contribution in [0, 0.1) is 34.5 Å². The van der Waals surface area contributed by atoms with E-state index in [-0.39, 0.29) is 88.4 Å². The van der Waals surface area contributed by atoms with Gasteiger partial charge in [-0.15, -0.1) is 0 Å². The fraction of sp³-hybridized carbons (Fsp3) is 0.848. The number of nitrogens with zero attached hydrogens (tertiary/aromatic N) is 2. The quantitative estimate of drug-likeness (QED) is 0.170. The van der Waals surface area contributed by atoms with E-state index in [1.165, 1.54) is 0 Å². The summed E-state index contributed by atoms with van der Waals surface area (Å²) in [5.41, 5.74) is -0.647. The van der Waals surface area contributed by atoms with Crippen LogP contribution in [0.4, 0.5) is 0 Å². The summed E-state index contributed by atoms with van der Waals surface area (Å²) in [5.74, 6) is -0.152. The average Bonchev–Trinajstić information content (AvgIpc) is 3.34. The minimum atomic E-state index is -1.02. The van der Waals surface area contributed by atoms with Crippen LogP contribution in [-0.2, 0) is 28.6 Å². The molecule has 0 bridgehead atoms. The molecule has 4 fully saturated rings. The number of quaternary nitrogens is 2. The molecule has 0 radical (unpaired) electrons. The van der Waals surface area contributed by atoms with Crippen molar-refractivity contribution in [3.8, 4) is 0 Å². The van der Waals surface area contributed by atoms with Gasteiger partial charge in [-0.3, -0.25) is 0 Å². The van der Waals surface area contributed by atoms with E-state index in [9.17, 15) is 19.5 Å². The molecule has 9 atom stereocenters. The summed E-state index contributed by atoms with van der Waals surface area (Å²) in [7, 11) is 11.9. The van der Waals surface area contributed by atoms with Crippen molar-refractivity contribution >= 4 is 17.9 Å². The summed E-state index contributed by atoms with van der Waals surface area (Å²) in [5, 5.41) is 12.8. The second kappa shape index (κ2) is 12.9. The van der Waals surface area contributed by atoms with Gasteiger partial charge in [-0.05, 0) is 73.7 Å². The molecule has 1 N–H and O–H groups in total. The summed E-state index contributed by atoms with van der Waals surface area (Å²) < 4.78 is 18.5. The van der Waals surface area contributed by atoms with E-state index in [4.69, 9.17) is 14.2 Å². The van der Waals surface area contributed by atoms with Crippen LogP contribution in [0.25, 0.3) is 0 Å². The molecule has 0 aromatic heterocycles. The van der Waals surface area contributed by atoms with Gasteiger partial charge in [-0.25, -0.2) is 14.4 Å². The molecular formula is C33H54Br2N2O7. The number of esters is 3. The van der Waals surface area contributed by atoms with Crippen molar-refractivity contribution in [3.05, 3.63) is 11.6 Å². The summed E-state index contributed by atoms with van der Waals surface area (Å²) in [6.45, 7) is 5.36. The van der Waals surface area contributed by atoms with E-state index in [1.807, 2.05) is 42.3 Å². The third-order valence-electron chi connectivity index (χ3n) is 11.7. The Labute approximate surface area is 284 Å². The minimum Gasteiger partial charge on any atom is -1.00 e. The first-order valence-electron chi connectivity index (χ1n) is 15.9. The highest BCUT2D eigenvalue weighted by Crippen LogP contribution is 2.70. The summed E-state index contributed by atoms with van der Waals surface area (Å²) in [6, 6.07) is 0. The van der Waals surface area contributed by atoms with Crippen molar-refractivity contribution in [2.75, 3.05) is 62.0 Å². The zero-order valence-electron chi connectivity index (χ0n) is 27.9. The Kier molecular flexibility index (Phi) is 11.0. The van der Waals surface area contributed by atoms with Crippen LogP contribution in [0.1, 0.15) is 65.2 Å². The highest BCUT2D eigenvalue weighted by atomic mass is 79.9. The number of ether oxygens (including phenoxy) is 3. The Morgan fingerprint density at radius 3 is 2.09 bits per heavy atom. The smallest absolute Gasteiger partial charge is 0.362 e. The monoisotopic (exact) mass is 748 g/mol. The second-order valence-electron chi connectivity index (χ2n) is 16.7. The number of hydrogen-bond acceptors (Lipinski definition) is 7. The number of halogens is 2. The number of aliphatic hydroxyl groups is 1. The molecule has 0 aromatic rings. The Bertz CT molecular complexity index is 1150. The SMILES string of the molecule is C[C@]12CC[C@H](OC(=O)C[N+](C)(C)C)C[C@H]1CCC1C2CC[C@]2(C)[C@@H](C3=CC(=O)OC3)C(OC(=O)C[N+](C)(C)C)C[C@]12O.[Br-].[Br-]. The second-order valence-corrected chi connectivity index (χ2v) is 16.7. The molecule has 0 amide bonds. The lowest BCUT2D eigenvalue weighted by atomic mass is 9.43. The Morgan fingerprint density at radius 2 is 1.52 bits per heavy atom. The number of hydrogen-bond donors (Lipinski definition) is 1. The molecule has 5 aliphatic rings. The first-order chi connectivity index (χ1) is 19.3. The van der Waals surface area contributed by atoms with Crippen LogP contribution in [0.5, 0.6) is 0 Å². The van der Waals surface area contributed by atoms with Gasteiger partial charge in [0.15, 0.2) is 13.1 Å². The molecule has 1 heterocycles. The largest absolute Gasteiger partial charge is 1.00 e. The van der Waals surface area contributed by atoms with E-state index in [2.05, 4.69) is 13.8 Å². The summed E-state index contributed by atoms with van der Waals surface area (Å²) >= 11 is 0. The fourth-order valence-electron chi connectivity index (χ4n) is 9.84. The van der Waals surface area contributed by atoms with Gasteiger partial charge in [-0.2, -0.15) is 0 Å².